The topological polar surface area (TPSA) is 80.0 Å². The molecule has 2 aliphatic rings. The van der Waals surface area contributed by atoms with Gasteiger partial charge in [-0.1, -0.05) is 48.5 Å². The van der Waals surface area contributed by atoms with Gasteiger partial charge in [-0.05, 0) is 42.8 Å². The number of para-hydroxylation sites is 1. The number of rotatable bonds is 6. The van der Waals surface area contributed by atoms with Crippen LogP contribution in [-0.4, -0.2) is 74.1 Å². The highest BCUT2D eigenvalue weighted by Crippen LogP contribution is 2.31. The Balaban J connectivity index is 1.33. The first-order chi connectivity index (χ1) is 18.6. The molecule has 0 radical (unpaired) electrons. The summed E-state index contributed by atoms with van der Waals surface area (Å²) in [5, 5.41) is 9.20. The minimum Gasteiger partial charge on any atom is -0.367 e. The molecule has 0 aromatic heterocycles. The maximum atomic E-state index is 13.2. The lowest BCUT2D eigenvalue weighted by atomic mass is 10.1. The molecule has 8 nitrogen and oxygen atoms in total. The zero-order valence-corrected chi connectivity index (χ0v) is 21.9. The predicted molar refractivity (Wildman–Crippen MR) is 153 cm³/mol. The van der Waals surface area contributed by atoms with Crippen molar-refractivity contribution in [2.75, 3.05) is 67.9 Å². The Labute approximate surface area is 224 Å². The smallest absolute Gasteiger partial charge is 0.323 e. The van der Waals surface area contributed by atoms with Gasteiger partial charge in [-0.25, -0.2) is 4.79 Å². The van der Waals surface area contributed by atoms with E-state index in [-0.39, 0.29) is 11.9 Å². The van der Waals surface area contributed by atoms with Crippen molar-refractivity contribution in [3.8, 4) is 0 Å². The van der Waals surface area contributed by atoms with E-state index >= 15 is 0 Å². The van der Waals surface area contributed by atoms with Gasteiger partial charge < -0.3 is 25.8 Å². The van der Waals surface area contributed by atoms with Crippen LogP contribution in [-0.2, 0) is 0 Å². The van der Waals surface area contributed by atoms with Gasteiger partial charge in [0.1, 0.15) is 0 Å². The van der Waals surface area contributed by atoms with E-state index in [4.69, 9.17) is 0 Å². The summed E-state index contributed by atoms with van der Waals surface area (Å²) in [5.74, 6) is -0.00827. The first kappa shape index (κ1) is 25.8. The first-order valence-electron chi connectivity index (χ1n) is 13.4. The molecule has 2 saturated heterocycles. The van der Waals surface area contributed by atoms with Gasteiger partial charge >= 0.3 is 6.03 Å². The number of nitrogens with zero attached hydrogens (tertiary/aromatic N) is 3. The van der Waals surface area contributed by atoms with Crippen LogP contribution in [0.15, 0.2) is 78.9 Å². The Bertz CT molecular complexity index is 1220. The first-order valence-corrected chi connectivity index (χ1v) is 13.4. The van der Waals surface area contributed by atoms with Crippen molar-refractivity contribution in [1.29, 1.82) is 0 Å². The largest absolute Gasteiger partial charge is 0.367 e. The number of hydrogen-bond acceptors (Lipinski definition) is 5. The zero-order chi connectivity index (χ0) is 26.3. The van der Waals surface area contributed by atoms with Gasteiger partial charge in [-0.2, -0.15) is 0 Å². The number of anilines is 3. The van der Waals surface area contributed by atoms with Gasteiger partial charge in [-0.15, -0.1) is 0 Å². The van der Waals surface area contributed by atoms with Gasteiger partial charge in [0.15, 0.2) is 0 Å². The summed E-state index contributed by atoms with van der Waals surface area (Å²) in [6.45, 7) is 8.68. The second-order valence-electron chi connectivity index (χ2n) is 9.83. The van der Waals surface area contributed by atoms with Crippen LogP contribution in [0.5, 0.6) is 0 Å². The normalized spacial score (nSPS) is 17.1. The number of piperazine rings is 2. The third-order valence-electron chi connectivity index (χ3n) is 7.41. The van der Waals surface area contributed by atoms with Crippen molar-refractivity contribution >= 4 is 29.0 Å². The summed E-state index contributed by atoms with van der Waals surface area (Å²) >= 11 is 0. The Morgan fingerprint density at radius 3 is 2.13 bits per heavy atom. The number of benzene rings is 3. The van der Waals surface area contributed by atoms with Gasteiger partial charge in [0, 0.05) is 69.7 Å². The molecule has 3 aromatic rings. The van der Waals surface area contributed by atoms with E-state index in [9.17, 15) is 9.59 Å². The minimum atomic E-state index is -0.333. The molecule has 1 atom stereocenters. The van der Waals surface area contributed by atoms with Crippen LogP contribution in [0.1, 0.15) is 28.9 Å². The van der Waals surface area contributed by atoms with Gasteiger partial charge in [-0.3, -0.25) is 9.69 Å². The average Bonchev–Trinajstić information content (AvgIpc) is 2.98. The van der Waals surface area contributed by atoms with Crippen molar-refractivity contribution in [2.45, 2.75) is 13.0 Å². The molecule has 0 aliphatic carbocycles. The molecule has 38 heavy (non-hydrogen) atoms. The SMILES string of the molecule is CC(c1ccccc1)N1CCN(c2ccc(C(=O)N3CCNCC3)cc2NC(=O)Nc2ccccc2)CC1. The number of urea groups is 1. The second kappa shape index (κ2) is 12.1. The summed E-state index contributed by atoms with van der Waals surface area (Å²) in [6, 6.07) is 25.6. The van der Waals surface area contributed by atoms with Crippen LogP contribution in [0.4, 0.5) is 21.9 Å². The summed E-state index contributed by atoms with van der Waals surface area (Å²) in [7, 11) is 0. The molecule has 198 valence electrons. The van der Waals surface area contributed by atoms with E-state index in [2.05, 4.69) is 56.9 Å². The molecule has 3 N–H and O–H groups in total. The van der Waals surface area contributed by atoms with Crippen molar-refractivity contribution < 1.29 is 9.59 Å². The van der Waals surface area contributed by atoms with E-state index in [1.807, 2.05) is 59.5 Å². The molecule has 2 heterocycles. The molecule has 5 rings (SSSR count). The predicted octanol–water partition coefficient (Wildman–Crippen LogP) is 4.26. The fourth-order valence-corrected chi connectivity index (χ4v) is 5.19. The monoisotopic (exact) mass is 512 g/mol. The van der Waals surface area contributed by atoms with E-state index in [1.165, 1.54) is 5.56 Å². The summed E-state index contributed by atoms with van der Waals surface area (Å²) in [6.07, 6.45) is 0. The zero-order valence-electron chi connectivity index (χ0n) is 21.9. The maximum Gasteiger partial charge on any atom is 0.323 e. The number of carbonyl (C=O) groups excluding carboxylic acids is 2. The molecule has 8 heteroatoms. The summed E-state index contributed by atoms with van der Waals surface area (Å²) in [4.78, 5) is 32.8. The second-order valence-corrected chi connectivity index (χ2v) is 9.83. The Morgan fingerprint density at radius 2 is 1.45 bits per heavy atom. The average molecular weight is 513 g/mol. The quantitative estimate of drug-likeness (QED) is 0.460. The Morgan fingerprint density at radius 1 is 0.789 bits per heavy atom. The lowest BCUT2D eigenvalue weighted by molar-refractivity contribution is 0.0736. The third kappa shape index (κ3) is 6.15. The fourth-order valence-electron chi connectivity index (χ4n) is 5.19. The van der Waals surface area contributed by atoms with E-state index < -0.39 is 0 Å². The van der Waals surface area contributed by atoms with Crippen LogP contribution in [0, 0.1) is 0 Å². The highest BCUT2D eigenvalue weighted by atomic mass is 16.2. The lowest BCUT2D eigenvalue weighted by Crippen LogP contribution is -2.47. The van der Waals surface area contributed by atoms with E-state index in [1.54, 1.807) is 0 Å². The van der Waals surface area contributed by atoms with Crippen LogP contribution >= 0.6 is 0 Å². The Kier molecular flexibility index (Phi) is 8.21. The maximum absolute atomic E-state index is 13.2. The van der Waals surface area contributed by atoms with Crippen molar-refractivity contribution in [3.05, 3.63) is 90.0 Å². The number of carbonyl (C=O) groups is 2. The highest BCUT2D eigenvalue weighted by Gasteiger charge is 2.25. The van der Waals surface area contributed by atoms with E-state index in [0.29, 0.717) is 36.1 Å². The molecular formula is C30H36N6O2. The third-order valence-corrected chi connectivity index (χ3v) is 7.41. The molecule has 3 amide bonds. The fraction of sp³-hybridized carbons (Fsp3) is 0.333. The molecule has 3 aromatic carbocycles. The van der Waals surface area contributed by atoms with Gasteiger partial charge in [0.05, 0.1) is 11.4 Å². The standard InChI is InChI=1S/C30H36N6O2/c1-23(24-8-4-2-5-9-24)34-18-20-35(21-19-34)28-13-12-25(29(37)36-16-14-31-15-17-36)22-27(28)33-30(38)32-26-10-6-3-7-11-26/h2-13,22-23,31H,14-21H2,1H3,(H2,32,33,38). The molecule has 2 aliphatic heterocycles. The molecule has 0 saturated carbocycles. The van der Waals surface area contributed by atoms with Crippen LogP contribution in [0.25, 0.3) is 0 Å². The molecule has 0 bridgehead atoms. The van der Waals surface area contributed by atoms with E-state index in [0.717, 1.165) is 45.0 Å². The van der Waals surface area contributed by atoms with Gasteiger partial charge in [0.2, 0.25) is 0 Å². The minimum absolute atomic E-state index is 0.00827. The van der Waals surface area contributed by atoms with Crippen molar-refractivity contribution in [2.24, 2.45) is 0 Å². The van der Waals surface area contributed by atoms with Crippen LogP contribution in [0.3, 0.4) is 0 Å². The number of hydrogen-bond donors (Lipinski definition) is 3. The summed E-state index contributed by atoms with van der Waals surface area (Å²) < 4.78 is 0. The molecule has 1 unspecified atom stereocenters. The van der Waals surface area contributed by atoms with Crippen LogP contribution in [0.2, 0.25) is 0 Å². The molecule has 2 fully saturated rings. The molecule has 0 spiro atoms. The molecular weight excluding hydrogens is 476 g/mol. The van der Waals surface area contributed by atoms with Crippen molar-refractivity contribution in [3.63, 3.8) is 0 Å². The summed E-state index contributed by atoms with van der Waals surface area (Å²) in [5.41, 5.74) is 4.18. The van der Waals surface area contributed by atoms with Crippen LogP contribution < -0.4 is 20.9 Å². The van der Waals surface area contributed by atoms with Crippen molar-refractivity contribution in [1.82, 2.24) is 15.1 Å². The van der Waals surface area contributed by atoms with Gasteiger partial charge in [0.25, 0.3) is 5.91 Å². The number of amides is 3. The number of nitrogens with one attached hydrogen (secondary N) is 3. The Hall–Kier alpha value is -3.88. The highest BCUT2D eigenvalue weighted by molar-refractivity contribution is 6.04. The lowest BCUT2D eigenvalue weighted by Gasteiger charge is -2.40.